The van der Waals surface area contributed by atoms with Crippen molar-refractivity contribution in [1.29, 1.82) is 0 Å². The quantitative estimate of drug-likeness (QED) is 0.474. The average molecular weight is 417 g/mol. The first-order chi connectivity index (χ1) is 13.4. The summed E-state index contributed by atoms with van der Waals surface area (Å²) < 4.78 is 13.2. The van der Waals surface area contributed by atoms with Crippen molar-refractivity contribution in [2.45, 2.75) is 5.60 Å². The number of halogens is 3. The Morgan fingerprint density at radius 3 is 2.00 bits per heavy atom. The van der Waals surface area contributed by atoms with Gasteiger partial charge in [-0.05, 0) is 53.1 Å². The maximum atomic E-state index is 13.2. The summed E-state index contributed by atoms with van der Waals surface area (Å²) in [7, 11) is 0. The second kappa shape index (κ2) is 8.52. The SMILES string of the molecule is O=C(N/N=C\c1cccc(F)c1)C(O)(c1ccc(Cl)cc1)c1ccc(Cl)cc1. The lowest BCUT2D eigenvalue weighted by molar-refractivity contribution is -0.136. The van der Waals surface area contributed by atoms with E-state index in [-0.39, 0.29) is 0 Å². The highest BCUT2D eigenvalue weighted by molar-refractivity contribution is 6.30. The van der Waals surface area contributed by atoms with Crippen molar-refractivity contribution in [1.82, 2.24) is 5.43 Å². The molecule has 0 saturated heterocycles. The summed E-state index contributed by atoms with van der Waals surface area (Å²) >= 11 is 11.8. The Hall–Kier alpha value is -2.73. The number of aliphatic hydroxyl groups is 1. The van der Waals surface area contributed by atoms with Gasteiger partial charge in [-0.15, -0.1) is 0 Å². The van der Waals surface area contributed by atoms with Gasteiger partial charge in [0.15, 0.2) is 5.60 Å². The molecule has 0 bridgehead atoms. The minimum absolute atomic E-state index is 0.303. The van der Waals surface area contributed by atoms with E-state index < -0.39 is 17.3 Å². The van der Waals surface area contributed by atoms with Gasteiger partial charge < -0.3 is 5.11 Å². The second-order valence-corrected chi connectivity index (χ2v) is 6.85. The van der Waals surface area contributed by atoms with Crippen LogP contribution in [0.3, 0.4) is 0 Å². The number of hydrogen-bond donors (Lipinski definition) is 2. The summed E-state index contributed by atoms with van der Waals surface area (Å²) in [5.74, 6) is -1.21. The number of hydrazone groups is 1. The highest BCUT2D eigenvalue weighted by Crippen LogP contribution is 2.31. The molecule has 0 aliphatic heterocycles. The number of benzene rings is 3. The van der Waals surface area contributed by atoms with E-state index in [2.05, 4.69) is 10.5 Å². The van der Waals surface area contributed by atoms with Gasteiger partial charge in [-0.25, -0.2) is 9.82 Å². The zero-order valence-corrected chi connectivity index (χ0v) is 16.0. The lowest BCUT2D eigenvalue weighted by Crippen LogP contribution is -2.43. The van der Waals surface area contributed by atoms with Crippen LogP contribution in [-0.2, 0) is 10.4 Å². The maximum Gasteiger partial charge on any atom is 0.281 e. The number of rotatable bonds is 5. The standard InChI is InChI=1S/C21H15Cl2FN2O2/c22-17-8-4-15(5-9-17)21(28,16-6-10-18(23)11-7-16)20(27)26-25-13-14-2-1-3-19(24)12-14/h1-13,28H,(H,26,27)/b25-13-. The molecule has 142 valence electrons. The molecule has 28 heavy (non-hydrogen) atoms. The average Bonchev–Trinajstić information content (AvgIpc) is 2.68. The first-order valence-electron chi connectivity index (χ1n) is 8.23. The third kappa shape index (κ3) is 4.39. The first-order valence-corrected chi connectivity index (χ1v) is 8.99. The normalized spacial score (nSPS) is 11.6. The fourth-order valence-electron chi connectivity index (χ4n) is 2.64. The van der Waals surface area contributed by atoms with E-state index >= 15 is 0 Å². The molecule has 0 fully saturated rings. The molecule has 0 atom stereocenters. The van der Waals surface area contributed by atoms with E-state index in [4.69, 9.17) is 23.2 Å². The number of nitrogens with one attached hydrogen (secondary N) is 1. The van der Waals surface area contributed by atoms with Crippen LogP contribution in [0.2, 0.25) is 10.0 Å². The van der Waals surface area contributed by atoms with Crippen LogP contribution >= 0.6 is 23.2 Å². The van der Waals surface area contributed by atoms with E-state index in [0.717, 1.165) is 0 Å². The van der Waals surface area contributed by atoms with Gasteiger partial charge in [0.05, 0.1) is 6.21 Å². The molecule has 7 heteroatoms. The molecule has 3 aromatic rings. The summed E-state index contributed by atoms with van der Waals surface area (Å²) in [6.07, 6.45) is 1.28. The van der Waals surface area contributed by atoms with Crippen LogP contribution in [-0.4, -0.2) is 17.2 Å². The van der Waals surface area contributed by atoms with Crippen molar-refractivity contribution < 1.29 is 14.3 Å². The van der Waals surface area contributed by atoms with E-state index in [0.29, 0.717) is 26.7 Å². The van der Waals surface area contributed by atoms with Crippen molar-refractivity contribution in [2.75, 3.05) is 0 Å². The molecule has 1 amide bonds. The molecule has 0 radical (unpaired) electrons. The van der Waals surface area contributed by atoms with Crippen LogP contribution in [0.1, 0.15) is 16.7 Å². The Bertz CT molecular complexity index is 960. The summed E-state index contributed by atoms with van der Waals surface area (Å²) in [6.45, 7) is 0. The Labute approximate surface area is 171 Å². The Kier molecular flexibility index (Phi) is 6.09. The monoisotopic (exact) mass is 416 g/mol. The predicted molar refractivity (Wildman–Crippen MR) is 108 cm³/mol. The fourth-order valence-corrected chi connectivity index (χ4v) is 2.90. The molecule has 0 aliphatic rings. The highest BCUT2D eigenvalue weighted by atomic mass is 35.5. The van der Waals surface area contributed by atoms with Crippen LogP contribution in [0, 0.1) is 5.82 Å². The lowest BCUT2D eigenvalue weighted by Gasteiger charge is -2.27. The van der Waals surface area contributed by atoms with Gasteiger partial charge in [-0.3, -0.25) is 4.79 Å². The van der Waals surface area contributed by atoms with Crippen molar-refractivity contribution in [3.05, 3.63) is 105 Å². The number of hydrogen-bond acceptors (Lipinski definition) is 3. The lowest BCUT2D eigenvalue weighted by atomic mass is 9.85. The Morgan fingerprint density at radius 1 is 0.964 bits per heavy atom. The van der Waals surface area contributed by atoms with Gasteiger partial charge in [0.1, 0.15) is 5.82 Å². The molecular formula is C21H15Cl2FN2O2. The highest BCUT2D eigenvalue weighted by Gasteiger charge is 2.40. The van der Waals surface area contributed by atoms with Crippen LogP contribution in [0.15, 0.2) is 77.9 Å². The van der Waals surface area contributed by atoms with Crippen molar-refractivity contribution in [3.63, 3.8) is 0 Å². The summed E-state index contributed by atoms with van der Waals surface area (Å²) in [5.41, 5.74) is 1.34. The maximum absolute atomic E-state index is 13.2. The number of carbonyl (C=O) groups excluding carboxylic acids is 1. The molecule has 0 heterocycles. The molecule has 4 nitrogen and oxygen atoms in total. The molecule has 0 aromatic heterocycles. The molecule has 0 unspecified atom stereocenters. The van der Waals surface area contributed by atoms with Crippen LogP contribution in [0.25, 0.3) is 0 Å². The summed E-state index contributed by atoms with van der Waals surface area (Å²) in [5, 5.41) is 16.1. The van der Waals surface area contributed by atoms with E-state index in [9.17, 15) is 14.3 Å². The minimum atomic E-state index is -2.03. The smallest absolute Gasteiger partial charge is 0.281 e. The van der Waals surface area contributed by atoms with Crippen LogP contribution < -0.4 is 5.43 Å². The van der Waals surface area contributed by atoms with Gasteiger partial charge >= 0.3 is 0 Å². The van der Waals surface area contributed by atoms with Crippen molar-refractivity contribution in [3.8, 4) is 0 Å². The molecule has 0 saturated carbocycles. The van der Waals surface area contributed by atoms with E-state index in [1.165, 1.54) is 24.4 Å². The number of amides is 1. The fraction of sp³-hybridized carbons (Fsp3) is 0.0476. The van der Waals surface area contributed by atoms with Crippen LogP contribution in [0.4, 0.5) is 4.39 Å². The topological polar surface area (TPSA) is 61.7 Å². The molecule has 3 rings (SSSR count). The van der Waals surface area contributed by atoms with Crippen molar-refractivity contribution in [2.24, 2.45) is 5.10 Å². The van der Waals surface area contributed by atoms with Gasteiger partial charge in [-0.2, -0.15) is 5.10 Å². The predicted octanol–water partition coefficient (Wildman–Crippen LogP) is 4.52. The second-order valence-electron chi connectivity index (χ2n) is 5.98. The summed E-state index contributed by atoms with van der Waals surface area (Å²) in [4.78, 5) is 12.9. The minimum Gasteiger partial charge on any atom is -0.372 e. The van der Waals surface area contributed by atoms with Gasteiger partial charge in [0.25, 0.3) is 5.91 Å². The molecule has 3 aromatic carbocycles. The Morgan fingerprint density at radius 2 is 1.50 bits per heavy atom. The molecular weight excluding hydrogens is 402 g/mol. The van der Waals surface area contributed by atoms with E-state index in [1.54, 1.807) is 54.6 Å². The van der Waals surface area contributed by atoms with Gasteiger partial charge in [0.2, 0.25) is 0 Å². The largest absolute Gasteiger partial charge is 0.372 e. The van der Waals surface area contributed by atoms with Crippen molar-refractivity contribution >= 4 is 35.3 Å². The van der Waals surface area contributed by atoms with Crippen LogP contribution in [0.5, 0.6) is 0 Å². The first kappa shape index (κ1) is 20.0. The molecule has 2 N–H and O–H groups in total. The Balaban J connectivity index is 1.93. The molecule has 0 aliphatic carbocycles. The summed E-state index contributed by atoms with van der Waals surface area (Å²) in [6, 6.07) is 18.2. The number of nitrogens with zero attached hydrogens (tertiary/aromatic N) is 1. The number of carbonyl (C=O) groups is 1. The zero-order valence-electron chi connectivity index (χ0n) is 14.4. The third-order valence-electron chi connectivity index (χ3n) is 4.08. The van der Waals surface area contributed by atoms with E-state index in [1.807, 2.05) is 0 Å². The molecule has 0 spiro atoms. The van der Waals surface area contributed by atoms with Gasteiger partial charge in [0, 0.05) is 10.0 Å². The zero-order chi connectivity index (χ0) is 20.1. The van der Waals surface area contributed by atoms with Gasteiger partial charge in [-0.1, -0.05) is 59.6 Å². The third-order valence-corrected chi connectivity index (χ3v) is 4.58.